The summed E-state index contributed by atoms with van der Waals surface area (Å²) in [5.41, 5.74) is 2.59. The molecule has 0 unspecified atom stereocenters. The fraction of sp³-hybridized carbons (Fsp3) is 0.100. The second kappa shape index (κ2) is 6.48. The minimum absolute atomic E-state index is 0.166. The SMILES string of the molecule is COc1ccc(-c2ccc(=O)n(Cc3nc4cc(F)ccc4o3)c2)cc1. The van der Waals surface area contributed by atoms with Crippen molar-refractivity contribution in [3.05, 3.63) is 82.9 Å². The molecule has 0 spiro atoms. The largest absolute Gasteiger partial charge is 0.497 e. The van der Waals surface area contributed by atoms with Crippen LogP contribution in [0, 0.1) is 5.82 Å². The number of rotatable bonds is 4. The molecule has 130 valence electrons. The highest BCUT2D eigenvalue weighted by atomic mass is 19.1. The van der Waals surface area contributed by atoms with Crippen LogP contribution in [0.25, 0.3) is 22.2 Å². The van der Waals surface area contributed by atoms with Gasteiger partial charge in [-0.05, 0) is 41.5 Å². The third-order valence-electron chi connectivity index (χ3n) is 4.11. The van der Waals surface area contributed by atoms with E-state index in [1.807, 2.05) is 24.3 Å². The van der Waals surface area contributed by atoms with Crippen LogP contribution in [0.3, 0.4) is 0 Å². The lowest BCUT2D eigenvalue weighted by molar-refractivity contribution is 0.415. The summed E-state index contributed by atoms with van der Waals surface area (Å²) in [5, 5.41) is 0. The van der Waals surface area contributed by atoms with E-state index < -0.39 is 0 Å². The van der Waals surface area contributed by atoms with Gasteiger partial charge in [-0.3, -0.25) is 4.79 Å². The van der Waals surface area contributed by atoms with E-state index in [9.17, 15) is 9.18 Å². The number of halogens is 1. The zero-order valence-corrected chi connectivity index (χ0v) is 14.0. The number of fused-ring (bicyclic) bond motifs is 1. The first-order chi connectivity index (χ1) is 12.6. The predicted molar refractivity (Wildman–Crippen MR) is 95.8 cm³/mol. The first-order valence-corrected chi connectivity index (χ1v) is 8.02. The first-order valence-electron chi connectivity index (χ1n) is 8.02. The van der Waals surface area contributed by atoms with Gasteiger partial charge >= 0.3 is 0 Å². The van der Waals surface area contributed by atoms with E-state index in [0.29, 0.717) is 17.0 Å². The van der Waals surface area contributed by atoms with E-state index in [1.54, 1.807) is 19.4 Å². The van der Waals surface area contributed by atoms with Crippen molar-refractivity contribution in [2.75, 3.05) is 7.11 Å². The molecular weight excluding hydrogens is 335 g/mol. The smallest absolute Gasteiger partial charge is 0.251 e. The first kappa shape index (κ1) is 16.1. The molecule has 0 fully saturated rings. The summed E-state index contributed by atoms with van der Waals surface area (Å²) in [5.74, 6) is 0.733. The minimum Gasteiger partial charge on any atom is -0.497 e. The maximum absolute atomic E-state index is 13.3. The average Bonchev–Trinajstić information content (AvgIpc) is 3.05. The Morgan fingerprint density at radius 1 is 1.08 bits per heavy atom. The zero-order valence-electron chi connectivity index (χ0n) is 14.0. The van der Waals surface area contributed by atoms with Crippen LogP contribution in [0.4, 0.5) is 4.39 Å². The van der Waals surface area contributed by atoms with Gasteiger partial charge in [-0.15, -0.1) is 0 Å². The number of benzene rings is 2. The van der Waals surface area contributed by atoms with Gasteiger partial charge in [0.15, 0.2) is 5.58 Å². The highest BCUT2D eigenvalue weighted by Gasteiger charge is 2.09. The fourth-order valence-electron chi connectivity index (χ4n) is 2.77. The maximum atomic E-state index is 13.3. The molecule has 0 saturated heterocycles. The molecule has 6 heteroatoms. The molecule has 0 aliphatic carbocycles. The minimum atomic E-state index is -0.379. The number of hydrogen-bond donors (Lipinski definition) is 0. The molecule has 0 atom stereocenters. The van der Waals surface area contributed by atoms with Crippen LogP contribution in [-0.2, 0) is 6.54 Å². The predicted octanol–water partition coefficient (Wildman–Crippen LogP) is 3.85. The molecule has 2 aromatic heterocycles. The van der Waals surface area contributed by atoms with Crippen LogP contribution < -0.4 is 10.3 Å². The number of oxazole rings is 1. The second-order valence-electron chi connectivity index (χ2n) is 5.83. The van der Waals surface area contributed by atoms with Gasteiger partial charge in [-0.25, -0.2) is 9.37 Å². The van der Waals surface area contributed by atoms with Crippen LogP contribution in [0.15, 0.2) is 70.0 Å². The Hall–Kier alpha value is -3.41. The molecule has 2 aromatic carbocycles. The highest BCUT2D eigenvalue weighted by Crippen LogP contribution is 2.22. The van der Waals surface area contributed by atoms with Crippen molar-refractivity contribution in [3.63, 3.8) is 0 Å². The van der Waals surface area contributed by atoms with Gasteiger partial charge in [0.05, 0.1) is 7.11 Å². The molecule has 0 N–H and O–H groups in total. The number of methoxy groups -OCH3 is 1. The summed E-state index contributed by atoms with van der Waals surface area (Å²) in [7, 11) is 1.61. The number of ether oxygens (including phenoxy) is 1. The van der Waals surface area contributed by atoms with Crippen LogP contribution in [0.5, 0.6) is 5.75 Å². The molecule has 0 amide bonds. The van der Waals surface area contributed by atoms with E-state index in [1.165, 1.54) is 28.8 Å². The van der Waals surface area contributed by atoms with E-state index in [2.05, 4.69) is 4.98 Å². The van der Waals surface area contributed by atoms with Crippen molar-refractivity contribution >= 4 is 11.1 Å². The lowest BCUT2D eigenvalue weighted by atomic mass is 10.1. The summed E-state index contributed by atoms with van der Waals surface area (Å²) in [6.07, 6.45) is 1.75. The van der Waals surface area contributed by atoms with Crippen LogP contribution >= 0.6 is 0 Å². The lowest BCUT2D eigenvalue weighted by Gasteiger charge is -2.07. The van der Waals surface area contributed by atoms with Crippen molar-refractivity contribution in [1.29, 1.82) is 0 Å². The molecule has 0 saturated carbocycles. The standard InChI is InChI=1S/C20H15FN2O3/c1-25-16-6-2-13(3-7-16)14-4-9-20(24)23(11-14)12-19-22-17-10-15(21)5-8-18(17)26-19/h2-11H,12H2,1H3. The zero-order chi connectivity index (χ0) is 18.1. The lowest BCUT2D eigenvalue weighted by Crippen LogP contribution is -2.19. The maximum Gasteiger partial charge on any atom is 0.251 e. The van der Waals surface area contributed by atoms with Crippen molar-refractivity contribution in [2.45, 2.75) is 6.54 Å². The molecule has 4 rings (SSSR count). The van der Waals surface area contributed by atoms with Crippen molar-refractivity contribution in [3.8, 4) is 16.9 Å². The molecule has 0 bridgehead atoms. The molecule has 26 heavy (non-hydrogen) atoms. The third-order valence-corrected chi connectivity index (χ3v) is 4.11. The number of pyridine rings is 1. The van der Waals surface area contributed by atoms with Crippen LogP contribution in [0.2, 0.25) is 0 Å². The number of hydrogen-bond acceptors (Lipinski definition) is 4. The van der Waals surface area contributed by atoms with E-state index in [4.69, 9.17) is 9.15 Å². The molecule has 0 radical (unpaired) electrons. The molecule has 5 nitrogen and oxygen atoms in total. The van der Waals surface area contributed by atoms with Crippen molar-refractivity contribution < 1.29 is 13.5 Å². The summed E-state index contributed by atoms with van der Waals surface area (Å²) in [6.45, 7) is 0.166. The van der Waals surface area contributed by atoms with Crippen molar-refractivity contribution in [2.24, 2.45) is 0 Å². The summed E-state index contributed by atoms with van der Waals surface area (Å²) < 4.78 is 25.6. The van der Waals surface area contributed by atoms with Gasteiger partial charge in [0, 0.05) is 18.3 Å². The van der Waals surface area contributed by atoms with Gasteiger partial charge in [-0.1, -0.05) is 12.1 Å². The Bertz CT molecular complexity index is 1130. The second-order valence-corrected chi connectivity index (χ2v) is 5.83. The Kier molecular flexibility index (Phi) is 4.01. The van der Waals surface area contributed by atoms with Crippen LogP contribution in [0.1, 0.15) is 5.89 Å². The quantitative estimate of drug-likeness (QED) is 0.561. The number of nitrogens with zero attached hydrogens (tertiary/aromatic N) is 2. The van der Waals surface area contributed by atoms with Gasteiger partial charge in [0.25, 0.3) is 5.56 Å². The fourth-order valence-corrected chi connectivity index (χ4v) is 2.77. The average molecular weight is 350 g/mol. The monoisotopic (exact) mass is 350 g/mol. The summed E-state index contributed by atoms with van der Waals surface area (Å²) in [6, 6.07) is 15.0. The van der Waals surface area contributed by atoms with Crippen LogP contribution in [-0.4, -0.2) is 16.7 Å². The molecular formula is C20H15FN2O3. The Balaban J connectivity index is 1.67. The Labute approximate surface area is 148 Å². The Morgan fingerprint density at radius 3 is 2.62 bits per heavy atom. The highest BCUT2D eigenvalue weighted by molar-refractivity contribution is 5.72. The van der Waals surface area contributed by atoms with E-state index in [-0.39, 0.29) is 17.9 Å². The van der Waals surface area contributed by atoms with E-state index in [0.717, 1.165) is 16.9 Å². The summed E-state index contributed by atoms with van der Waals surface area (Å²) in [4.78, 5) is 16.4. The van der Waals surface area contributed by atoms with E-state index >= 15 is 0 Å². The van der Waals surface area contributed by atoms with Gasteiger partial charge in [0.2, 0.25) is 5.89 Å². The molecule has 4 aromatic rings. The van der Waals surface area contributed by atoms with Crippen molar-refractivity contribution in [1.82, 2.24) is 9.55 Å². The molecule has 2 heterocycles. The van der Waals surface area contributed by atoms with Gasteiger partial charge in [-0.2, -0.15) is 0 Å². The Morgan fingerprint density at radius 2 is 1.85 bits per heavy atom. The van der Waals surface area contributed by atoms with Gasteiger partial charge < -0.3 is 13.7 Å². The third kappa shape index (κ3) is 3.09. The summed E-state index contributed by atoms with van der Waals surface area (Å²) >= 11 is 0. The molecule has 0 aliphatic rings. The topological polar surface area (TPSA) is 57.3 Å². The molecule has 0 aliphatic heterocycles. The van der Waals surface area contributed by atoms with Gasteiger partial charge in [0.1, 0.15) is 23.6 Å². The normalized spacial score (nSPS) is 11.0. The number of aromatic nitrogens is 2.